The summed E-state index contributed by atoms with van der Waals surface area (Å²) >= 11 is 0. The highest BCUT2D eigenvalue weighted by molar-refractivity contribution is 5.75. The second-order valence-corrected chi connectivity index (χ2v) is 4.06. The minimum Gasteiger partial charge on any atom is -0.478 e. The maximum atomic E-state index is 11.5. The molecule has 1 rings (SSSR count). The van der Waals surface area contributed by atoms with E-state index < -0.39 is 0 Å². The van der Waals surface area contributed by atoms with Crippen LogP contribution in [0.4, 0.5) is 5.82 Å². The van der Waals surface area contributed by atoms with Crippen LogP contribution < -0.4 is 9.64 Å². The van der Waals surface area contributed by atoms with E-state index in [1.54, 1.807) is 0 Å². The quantitative estimate of drug-likeness (QED) is 0.699. The van der Waals surface area contributed by atoms with E-state index in [0.717, 1.165) is 18.5 Å². The van der Waals surface area contributed by atoms with Crippen molar-refractivity contribution < 1.29 is 14.3 Å². The molecule has 0 unspecified atom stereocenters. The molecular weight excluding hydrogens is 246 g/mol. The summed E-state index contributed by atoms with van der Waals surface area (Å²) in [5.41, 5.74) is 0.835. The van der Waals surface area contributed by atoms with Crippen molar-refractivity contribution in [2.45, 2.75) is 27.2 Å². The van der Waals surface area contributed by atoms with Gasteiger partial charge in [0.05, 0.1) is 19.3 Å². The Bertz CT molecular complexity index is 424. The monoisotopic (exact) mass is 267 g/mol. The predicted octanol–water partition coefficient (Wildman–Crippen LogP) is 1.57. The van der Waals surface area contributed by atoms with Crippen molar-refractivity contribution in [3.63, 3.8) is 0 Å². The molecule has 0 saturated carbocycles. The predicted molar refractivity (Wildman–Crippen MR) is 72.5 cm³/mol. The molecule has 0 aliphatic carbocycles. The Morgan fingerprint density at radius 3 is 2.68 bits per heavy atom. The number of esters is 1. The van der Waals surface area contributed by atoms with Crippen LogP contribution in [0.5, 0.6) is 5.88 Å². The highest BCUT2D eigenvalue weighted by Gasteiger charge is 2.17. The standard InChI is InChI=1S/C13H21N3O3/c1-5-7-16(8-11(17)18-4)12-10(3)13(19-6-2)15-9-14-12/h9H,5-8H2,1-4H3. The van der Waals surface area contributed by atoms with Crippen LogP contribution in [0.1, 0.15) is 25.8 Å². The van der Waals surface area contributed by atoms with Gasteiger partial charge >= 0.3 is 5.97 Å². The van der Waals surface area contributed by atoms with Crippen molar-refractivity contribution in [2.75, 3.05) is 31.7 Å². The van der Waals surface area contributed by atoms with Gasteiger partial charge in [0, 0.05) is 6.54 Å². The summed E-state index contributed by atoms with van der Waals surface area (Å²) in [6.45, 7) is 7.28. The third-order valence-corrected chi connectivity index (χ3v) is 2.63. The number of aromatic nitrogens is 2. The molecule has 1 aromatic rings. The zero-order valence-electron chi connectivity index (χ0n) is 12.0. The van der Waals surface area contributed by atoms with Gasteiger partial charge in [-0.3, -0.25) is 4.79 Å². The number of anilines is 1. The van der Waals surface area contributed by atoms with Gasteiger partial charge in [0.2, 0.25) is 5.88 Å². The summed E-state index contributed by atoms with van der Waals surface area (Å²) in [4.78, 5) is 21.7. The molecule has 0 aliphatic heterocycles. The Balaban J connectivity index is 3.01. The molecule has 0 bridgehead atoms. The molecule has 0 atom stereocenters. The molecule has 6 heteroatoms. The molecule has 0 radical (unpaired) electrons. The summed E-state index contributed by atoms with van der Waals surface area (Å²) in [6.07, 6.45) is 2.36. The first-order chi connectivity index (χ1) is 9.13. The van der Waals surface area contributed by atoms with E-state index in [4.69, 9.17) is 9.47 Å². The molecule has 6 nitrogen and oxygen atoms in total. The topological polar surface area (TPSA) is 64.6 Å². The lowest BCUT2D eigenvalue weighted by molar-refractivity contribution is -0.138. The molecule has 0 N–H and O–H groups in total. The van der Waals surface area contributed by atoms with Crippen LogP contribution in [-0.4, -0.2) is 42.7 Å². The minimum atomic E-state index is -0.288. The number of hydrogen-bond donors (Lipinski definition) is 0. The Hall–Kier alpha value is -1.85. The normalized spacial score (nSPS) is 10.1. The SMILES string of the molecule is CCCN(CC(=O)OC)c1ncnc(OCC)c1C. The molecule has 0 spiro atoms. The Kier molecular flexibility index (Phi) is 6.05. The maximum Gasteiger partial charge on any atom is 0.325 e. The van der Waals surface area contributed by atoms with Gasteiger partial charge in [-0.2, -0.15) is 0 Å². The fourth-order valence-corrected chi connectivity index (χ4v) is 1.78. The third-order valence-electron chi connectivity index (χ3n) is 2.63. The molecule has 1 aromatic heterocycles. The average molecular weight is 267 g/mol. The Morgan fingerprint density at radius 1 is 1.37 bits per heavy atom. The largest absolute Gasteiger partial charge is 0.478 e. The zero-order chi connectivity index (χ0) is 14.3. The summed E-state index contributed by atoms with van der Waals surface area (Å²) in [5.74, 6) is 0.980. The lowest BCUT2D eigenvalue weighted by Gasteiger charge is -2.23. The molecule has 0 saturated heterocycles. The van der Waals surface area contributed by atoms with Gasteiger partial charge in [-0.25, -0.2) is 9.97 Å². The van der Waals surface area contributed by atoms with Crippen molar-refractivity contribution in [3.05, 3.63) is 11.9 Å². The maximum absolute atomic E-state index is 11.5. The van der Waals surface area contributed by atoms with Gasteiger partial charge in [-0.05, 0) is 20.3 Å². The van der Waals surface area contributed by atoms with E-state index in [9.17, 15) is 4.79 Å². The first-order valence-corrected chi connectivity index (χ1v) is 6.40. The number of rotatable bonds is 7. The first-order valence-electron chi connectivity index (χ1n) is 6.40. The van der Waals surface area contributed by atoms with Crippen molar-refractivity contribution >= 4 is 11.8 Å². The molecule has 0 amide bonds. The van der Waals surface area contributed by atoms with Crippen molar-refractivity contribution in [1.82, 2.24) is 9.97 Å². The van der Waals surface area contributed by atoms with Crippen molar-refractivity contribution in [2.24, 2.45) is 0 Å². The van der Waals surface area contributed by atoms with Crippen molar-refractivity contribution in [1.29, 1.82) is 0 Å². The van der Waals surface area contributed by atoms with E-state index in [-0.39, 0.29) is 12.5 Å². The second kappa shape index (κ2) is 7.56. The first kappa shape index (κ1) is 15.2. The Labute approximate surface area is 113 Å². The second-order valence-electron chi connectivity index (χ2n) is 4.06. The number of nitrogens with zero attached hydrogens (tertiary/aromatic N) is 3. The smallest absolute Gasteiger partial charge is 0.325 e. The molecular formula is C13H21N3O3. The summed E-state index contributed by atoms with van der Waals surface area (Å²) in [6, 6.07) is 0. The molecule has 106 valence electrons. The van der Waals surface area contributed by atoms with Gasteiger partial charge < -0.3 is 14.4 Å². The summed E-state index contributed by atoms with van der Waals surface area (Å²) < 4.78 is 10.2. The fraction of sp³-hybridized carbons (Fsp3) is 0.615. The van der Waals surface area contributed by atoms with Gasteiger partial charge in [-0.1, -0.05) is 6.92 Å². The molecule has 1 heterocycles. The highest BCUT2D eigenvalue weighted by Crippen LogP contribution is 2.24. The summed E-state index contributed by atoms with van der Waals surface area (Å²) in [7, 11) is 1.38. The summed E-state index contributed by atoms with van der Waals surface area (Å²) in [5, 5.41) is 0. The van der Waals surface area contributed by atoms with Crippen LogP contribution in [0.2, 0.25) is 0 Å². The van der Waals surface area contributed by atoms with E-state index in [1.165, 1.54) is 13.4 Å². The van der Waals surface area contributed by atoms with Gasteiger partial charge in [0.15, 0.2) is 0 Å². The van der Waals surface area contributed by atoms with Crippen LogP contribution in [0.3, 0.4) is 0 Å². The number of methoxy groups -OCH3 is 1. The lowest BCUT2D eigenvalue weighted by atomic mass is 10.3. The number of ether oxygens (including phenoxy) is 2. The average Bonchev–Trinajstić information content (AvgIpc) is 2.41. The molecule has 0 fully saturated rings. The highest BCUT2D eigenvalue weighted by atomic mass is 16.5. The molecule has 0 aliphatic rings. The van der Waals surface area contributed by atoms with Crippen molar-refractivity contribution in [3.8, 4) is 5.88 Å². The number of carbonyl (C=O) groups is 1. The molecule has 0 aromatic carbocycles. The van der Waals surface area contributed by atoms with Gasteiger partial charge in [0.1, 0.15) is 18.7 Å². The van der Waals surface area contributed by atoms with E-state index in [0.29, 0.717) is 18.3 Å². The lowest BCUT2D eigenvalue weighted by Crippen LogP contribution is -2.32. The van der Waals surface area contributed by atoms with Crippen LogP contribution in [0, 0.1) is 6.92 Å². The third kappa shape index (κ3) is 4.08. The van der Waals surface area contributed by atoms with Crippen LogP contribution in [0.25, 0.3) is 0 Å². The zero-order valence-corrected chi connectivity index (χ0v) is 12.0. The Morgan fingerprint density at radius 2 is 2.11 bits per heavy atom. The van der Waals surface area contributed by atoms with E-state index >= 15 is 0 Å². The van der Waals surface area contributed by atoms with Crippen LogP contribution in [-0.2, 0) is 9.53 Å². The number of carbonyl (C=O) groups excluding carboxylic acids is 1. The minimum absolute atomic E-state index is 0.174. The van der Waals surface area contributed by atoms with Crippen LogP contribution in [0.15, 0.2) is 6.33 Å². The van der Waals surface area contributed by atoms with E-state index in [1.807, 2.05) is 25.7 Å². The van der Waals surface area contributed by atoms with E-state index in [2.05, 4.69) is 9.97 Å². The van der Waals surface area contributed by atoms with Gasteiger partial charge in [0.25, 0.3) is 0 Å². The van der Waals surface area contributed by atoms with Crippen LogP contribution >= 0.6 is 0 Å². The van der Waals surface area contributed by atoms with Gasteiger partial charge in [-0.15, -0.1) is 0 Å². The molecule has 19 heavy (non-hydrogen) atoms. The number of hydrogen-bond acceptors (Lipinski definition) is 6. The fourth-order valence-electron chi connectivity index (χ4n) is 1.78.